The summed E-state index contributed by atoms with van der Waals surface area (Å²) in [6, 6.07) is 0.518. The Hall–Kier alpha value is -2.19. The summed E-state index contributed by atoms with van der Waals surface area (Å²) in [5.41, 5.74) is 1.46. The second kappa shape index (κ2) is 6.37. The van der Waals surface area contributed by atoms with Crippen molar-refractivity contribution < 1.29 is 9.53 Å². The highest BCUT2D eigenvalue weighted by molar-refractivity contribution is 5.93. The molecule has 0 aliphatic carbocycles. The molecule has 4 rings (SSSR count). The van der Waals surface area contributed by atoms with Gasteiger partial charge in [0.15, 0.2) is 0 Å². The standard InChI is InChI=1S/C16H22N6O2/c1-20-8-12(6-18-20)16(23)17-7-13-9-22-4-3-21(10-15(22)19-13)14-2-5-24-11-14/h6,8-9,14H,2-5,7,10-11H2,1H3,(H,17,23). The topological polar surface area (TPSA) is 77.2 Å². The van der Waals surface area contributed by atoms with Crippen molar-refractivity contribution in [2.24, 2.45) is 7.05 Å². The van der Waals surface area contributed by atoms with Crippen LogP contribution in [0.2, 0.25) is 0 Å². The van der Waals surface area contributed by atoms with Gasteiger partial charge in [-0.1, -0.05) is 0 Å². The van der Waals surface area contributed by atoms with Crippen LogP contribution in [0.5, 0.6) is 0 Å². The Morgan fingerprint density at radius 2 is 2.33 bits per heavy atom. The Bertz CT molecular complexity index is 731. The predicted molar refractivity (Wildman–Crippen MR) is 86.2 cm³/mol. The van der Waals surface area contributed by atoms with E-state index >= 15 is 0 Å². The summed E-state index contributed by atoms with van der Waals surface area (Å²) in [5.74, 6) is 0.942. The lowest BCUT2D eigenvalue weighted by Gasteiger charge is -2.31. The fraction of sp³-hybridized carbons (Fsp3) is 0.562. The van der Waals surface area contributed by atoms with Gasteiger partial charge in [0.05, 0.1) is 37.2 Å². The maximum Gasteiger partial charge on any atom is 0.254 e. The molecule has 128 valence electrons. The molecule has 2 aromatic rings. The van der Waals surface area contributed by atoms with E-state index in [1.54, 1.807) is 24.1 Å². The van der Waals surface area contributed by atoms with Crippen LogP contribution in [0.3, 0.4) is 0 Å². The van der Waals surface area contributed by atoms with Gasteiger partial charge >= 0.3 is 0 Å². The summed E-state index contributed by atoms with van der Waals surface area (Å²) in [7, 11) is 1.79. The number of carbonyl (C=O) groups excluding carboxylic acids is 1. The molecule has 2 aliphatic heterocycles. The van der Waals surface area contributed by atoms with Crippen LogP contribution in [-0.4, -0.2) is 55.9 Å². The lowest BCUT2D eigenvalue weighted by molar-refractivity contribution is 0.0950. The summed E-state index contributed by atoms with van der Waals surface area (Å²) >= 11 is 0. The summed E-state index contributed by atoms with van der Waals surface area (Å²) in [6.07, 6.45) is 6.42. The molecule has 8 nitrogen and oxygen atoms in total. The van der Waals surface area contributed by atoms with E-state index in [4.69, 9.17) is 4.74 Å². The second-order valence-electron chi connectivity index (χ2n) is 6.42. The van der Waals surface area contributed by atoms with Crippen LogP contribution < -0.4 is 5.32 Å². The zero-order valence-corrected chi connectivity index (χ0v) is 13.8. The third-order valence-corrected chi connectivity index (χ3v) is 4.70. The minimum atomic E-state index is -0.126. The molecule has 0 aromatic carbocycles. The molecule has 1 amide bonds. The van der Waals surface area contributed by atoms with Crippen molar-refractivity contribution in [1.82, 2.24) is 29.5 Å². The molecule has 8 heteroatoms. The van der Waals surface area contributed by atoms with E-state index < -0.39 is 0 Å². The number of hydrogen-bond acceptors (Lipinski definition) is 5. The van der Waals surface area contributed by atoms with Gasteiger partial charge in [0, 0.05) is 45.2 Å². The van der Waals surface area contributed by atoms with Crippen molar-refractivity contribution in [3.05, 3.63) is 35.7 Å². The number of nitrogens with zero attached hydrogens (tertiary/aromatic N) is 5. The van der Waals surface area contributed by atoms with Crippen LogP contribution in [0.4, 0.5) is 0 Å². The molecule has 2 aliphatic rings. The first-order valence-electron chi connectivity index (χ1n) is 8.32. The van der Waals surface area contributed by atoms with Crippen LogP contribution in [-0.2, 0) is 31.4 Å². The van der Waals surface area contributed by atoms with Crippen LogP contribution in [0, 0.1) is 0 Å². The van der Waals surface area contributed by atoms with Crippen molar-refractivity contribution in [2.75, 3.05) is 19.8 Å². The molecule has 1 N–H and O–H groups in total. The Morgan fingerprint density at radius 3 is 3.08 bits per heavy atom. The van der Waals surface area contributed by atoms with Crippen LogP contribution >= 0.6 is 0 Å². The fourth-order valence-electron chi connectivity index (χ4n) is 3.35. The van der Waals surface area contributed by atoms with Gasteiger partial charge in [-0.3, -0.25) is 14.4 Å². The summed E-state index contributed by atoms with van der Waals surface area (Å²) in [6.45, 7) is 4.94. The SMILES string of the molecule is Cn1cc(C(=O)NCc2cn3c(n2)CN(C2CCOC2)CC3)cn1. The maximum absolute atomic E-state index is 12.1. The molecule has 1 atom stereocenters. The Kier molecular flexibility index (Phi) is 4.07. The molecule has 0 bridgehead atoms. The Labute approximate surface area is 140 Å². The molecular formula is C16H22N6O2. The lowest BCUT2D eigenvalue weighted by Crippen LogP contribution is -2.41. The summed E-state index contributed by atoms with van der Waals surface area (Å²) < 4.78 is 9.30. The van der Waals surface area contributed by atoms with Crippen molar-refractivity contribution in [3.8, 4) is 0 Å². The molecule has 2 aromatic heterocycles. The first-order chi connectivity index (χ1) is 11.7. The number of ether oxygens (including phenoxy) is 1. The van der Waals surface area contributed by atoms with Gasteiger partial charge in [-0.15, -0.1) is 0 Å². The van der Waals surface area contributed by atoms with Crippen LogP contribution in [0.1, 0.15) is 28.3 Å². The molecule has 0 spiro atoms. The van der Waals surface area contributed by atoms with E-state index in [0.29, 0.717) is 18.2 Å². The van der Waals surface area contributed by atoms with E-state index in [9.17, 15) is 4.79 Å². The summed E-state index contributed by atoms with van der Waals surface area (Å²) in [4.78, 5) is 19.2. The fourth-order valence-corrected chi connectivity index (χ4v) is 3.35. The highest BCUT2D eigenvalue weighted by Crippen LogP contribution is 2.19. The number of aryl methyl sites for hydroxylation is 1. The smallest absolute Gasteiger partial charge is 0.254 e. The predicted octanol–water partition coefficient (Wildman–Crippen LogP) is 0.151. The average Bonchev–Trinajstić information content (AvgIpc) is 3.31. The van der Waals surface area contributed by atoms with Gasteiger partial charge in [0.25, 0.3) is 5.91 Å². The molecule has 1 fully saturated rings. The second-order valence-corrected chi connectivity index (χ2v) is 6.42. The molecule has 0 radical (unpaired) electrons. The molecule has 1 unspecified atom stereocenters. The monoisotopic (exact) mass is 330 g/mol. The molecular weight excluding hydrogens is 308 g/mol. The number of imidazole rings is 1. The van der Waals surface area contributed by atoms with Gasteiger partial charge in [-0.2, -0.15) is 5.10 Å². The highest BCUT2D eigenvalue weighted by Gasteiger charge is 2.27. The number of fused-ring (bicyclic) bond motifs is 1. The third-order valence-electron chi connectivity index (χ3n) is 4.70. The molecule has 0 saturated carbocycles. The zero-order chi connectivity index (χ0) is 16.5. The molecule has 4 heterocycles. The van der Waals surface area contributed by atoms with E-state index in [-0.39, 0.29) is 5.91 Å². The van der Waals surface area contributed by atoms with Gasteiger partial charge in [0.1, 0.15) is 5.82 Å². The van der Waals surface area contributed by atoms with Gasteiger partial charge in [0.2, 0.25) is 0 Å². The number of nitrogens with one attached hydrogen (secondary N) is 1. The minimum absolute atomic E-state index is 0.126. The number of hydrogen-bond donors (Lipinski definition) is 1. The van der Waals surface area contributed by atoms with Crippen LogP contribution in [0.25, 0.3) is 0 Å². The average molecular weight is 330 g/mol. The zero-order valence-electron chi connectivity index (χ0n) is 13.8. The molecule has 24 heavy (non-hydrogen) atoms. The Balaban J connectivity index is 1.37. The lowest BCUT2D eigenvalue weighted by atomic mass is 10.2. The van der Waals surface area contributed by atoms with Crippen molar-refractivity contribution >= 4 is 5.91 Å². The van der Waals surface area contributed by atoms with Crippen molar-refractivity contribution in [2.45, 2.75) is 32.1 Å². The first-order valence-corrected chi connectivity index (χ1v) is 8.32. The normalized spacial score (nSPS) is 21.0. The van der Waals surface area contributed by atoms with Gasteiger partial charge in [-0.05, 0) is 6.42 Å². The van der Waals surface area contributed by atoms with Crippen molar-refractivity contribution in [1.29, 1.82) is 0 Å². The van der Waals surface area contributed by atoms with E-state index in [1.165, 1.54) is 0 Å². The van der Waals surface area contributed by atoms with Gasteiger partial charge in [-0.25, -0.2) is 4.98 Å². The van der Waals surface area contributed by atoms with Gasteiger partial charge < -0.3 is 14.6 Å². The quantitative estimate of drug-likeness (QED) is 0.864. The van der Waals surface area contributed by atoms with Crippen molar-refractivity contribution in [3.63, 3.8) is 0 Å². The number of aromatic nitrogens is 4. The number of carbonyl (C=O) groups is 1. The largest absolute Gasteiger partial charge is 0.380 e. The van der Waals surface area contributed by atoms with E-state index in [2.05, 4.69) is 24.9 Å². The summed E-state index contributed by atoms with van der Waals surface area (Å²) in [5, 5.41) is 6.91. The molecule has 1 saturated heterocycles. The van der Waals surface area contributed by atoms with E-state index in [1.807, 2.05) is 6.20 Å². The third kappa shape index (κ3) is 3.07. The highest BCUT2D eigenvalue weighted by atomic mass is 16.5. The number of rotatable bonds is 4. The number of amides is 1. The maximum atomic E-state index is 12.1. The Morgan fingerprint density at radius 1 is 1.42 bits per heavy atom. The van der Waals surface area contributed by atoms with E-state index in [0.717, 1.165) is 50.8 Å². The minimum Gasteiger partial charge on any atom is -0.380 e. The van der Waals surface area contributed by atoms with Crippen LogP contribution in [0.15, 0.2) is 18.6 Å². The first kappa shape index (κ1) is 15.3.